The minimum Gasteiger partial charge on any atom is -0.321 e. The van der Waals surface area contributed by atoms with Gasteiger partial charge in [-0.25, -0.2) is 4.68 Å². The lowest BCUT2D eigenvalue weighted by Gasteiger charge is -2.16. The standard InChI is InChI=1S/C13H21N7O/c1-8-11(9(2)19(6)16-8)14-10(21)7-20-12(13(3,4)5)15-17-18-20/h7H2,1-6H3,(H,14,21). The Morgan fingerprint density at radius 1 is 1.29 bits per heavy atom. The molecule has 2 aromatic heterocycles. The molecule has 1 amide bonds. The fourth-order valence-corrected chi connectivity index (χ4v) is 2.12. The summed E-state index contributed by atoms with van der Waals surface area (Å²) in [5.41, 5.74) is 2.22. The first-order valence-electron chi connectivity index (χ1n) is 6.77. The molecule has 0 spiro atoms. The molecule has 8 nitrogen and oxygen atoms in total. The molecule has 21 heavy (non-hydrogen) atoms. The number of carbonyl (C=O) groups excluding carboxylic acids is 1. The zero-order valence-corrected chi connectivity index (χ0v) is 13.3. The second kappa shape index (κ2) is 5.27. The summed E-state index contributed by atoms with van der Waals surface area (Å²) < 4.78 is 3.26. The van der Waals surface area contributed by atoms with Gasteiger partial charge in [0.2, 0.25) is 5.91 Å². The Bertz CT molecular complexity index is 663. The van der Waals surface area contributed by atoms with Gasteiger partial charge in [-0.1, -0.05) is 20.8 Å². The molecular weight excluding hydrogens is 270 g/mol. The van der Waals surface area contributed by atoms with Gasteiger partial charge in [0.1, 0.15) is 6.54 Å². The Kier molecular flexibility index (Phi) is 3.80. The van der Waals surface area contributed by atoms with Crippen molar-refractivity contribution < 1.29 is 4.79 Å². The minimum atomic E-state index is -0.218. The van der Waals surface area contributed by atoms with E-state index in [1.807, 2.05) is 41.7 Å². The molecule has 8 heteroatoms. The van der Waals surface area contributed by atoms with Crippen LogP contribution in [-0.2, 0) is 23.8 Å². The summed E-state index contributed by atoms with van der Waals surface area (Å²) in [7, 11) is 1.84. The van der Waals surface area contributed by atoms with E-state index in [0.717, 1.165) is 17.1 Å². The van der Waals surface area contributed by atoms with Crippen LogP contribution in [0.15, 0.2) is 0 Å². The van der Waals surface area contributed by atoms with Crippen LogP contribution in [0.3, 0.4) is 0 Å². The first kappa shape index (κ1) is 15.1. The first-order chi connectivity index (χ1) is 9.70. The summed E-state index contributed by atoms with van der Waals surface area (Å²) in [6.45, 7) is 9.86. The molecule has 0 aromatic carbocycles. The maximum Gasteiger partial charge on any atom is 0.246 e. The predicted molar refractivity (Wildman–Crippen MR) is 77.8 cm³/mol. The molecule has 0 unspecified atom stereocenters. The highest BCUT2D eigenvalue weighted by molar-refractivity contribution is 5.91. The summed E-state index contributed by atoms with van der Waals surface area (Å²) in [5, 5.41) is 18.7. The number of hydrogen-bond donors (Lipinski definition) is 1. The molecule has 0 saturated heterocycles. The van der Waals surface area contributed by atoms with Crippen LogP contribution in [0, 0.1) is 13.8 Å². The lowest BCUT2D eigenvalue weighted by Crippen LogP contribution is -2.26. The van der Waals surface area contributed by atoms with E-state index in [4.69, 9.17) is 0 Å². The Morgan fingerprint density at radius 2 is 1.95 bits per heavy atom. The van der Waals surface area contributed by atoms with Crippen LogP contribution >= 0.6 is 0 Å². The van der Waals surface area contributed by atoms with Crippen LogP contribution in [0.25, 0.3) is 0 Å². The van der Waals surface area contributed by atoms with Crippen LogP contribution in [0.1, 0.15) is 38.0 Å². The van der Waals surface area contributed by atoms with E-state index >= 15 is 0 Å². The first-order valence-corrected chi connectivity index (χ1v) is 6.77. The highest BCUT2D eigenvalue weighted by Crippen LogP contribution is 2.20. The van der Waals surface area contributed by atoms with E-state index in [1.165, 1.54) is 4.68 Å². The van der Waals surface area contributed by atoms with Crippen LogP contribution in [0.5, 0.6) is 0 Å². The topological polar surface area (TPSA) is 90.5 Å². The van der Waals surface area contributed by atoms with Gasteiger partial charge in [0, 0.05) is 12.5 Å². The van der Waals surface area contributed by atoms with Gasteiger partial charge in [0.25, 0.3) is 0 Å². The number of hydrogen-bond acceptors (Lipinski definition) is 5. The van der Waals surface area contributed by atoms with Crippen molar-refractivity contribution in [3.63, 3.8) is 0 Å². The lowest BCUT2D eigenvalue weighted by molar-refractivity contribution is -0.117. The van der Waals surface area contributed by atoms with E-state index < -0.39 is 0 Å². The third kappa shape index (κ3) is 3.09. The third-order valence-corrected chi connectivity index (χ3v) is 3.27. The number of carbonyl (C=O) groups is 1. The van der Waals surface area contributed by atoms with Gasteiger partial charge >= 0.3 is 0 Å². The van der Waals surface area contributed by atoms with E-state index in [2.05, 4.69) is 25.9 Å². The molecule has 114 valence electrons. The number of aromatic nitrogens is 6. The van der Waals surface area contributed by atoms with Crippen molar-refractivity contribution in [1.82, 2.24) is 30.0 Å². The number of aryl methyl sites for hydroxylation is 2. The van der Waals surface area contributed by atoms with Crippen molar-refractivity contribution >= 4 is 11.6 Å². The number of anilines is 1. The largest absolute Gasteiger partial charge is 0.321 e. The van der Waals surface area contributed by atoms with Gasteiger partial charge in [-0.15, -0.1) is 5.10 Å². The summed E-state index contributed by atoms with van der Waals surface area (Å²) in [4.78, 5) is 12.2. The monoisotopic (exact) mass is 291 g/mol. The summed E-state index contributed by atoms with van der Waals surface area (Å²) in [6, 6.07) is 0. The Hall–Kier alpha value is -2.25. The molecule has 2 aromatic rings. The highest BCUT2D eigenvalue weighted by atomic mass is 16.2. The van der Waals surface area contributed by atoms with E-state index in [-0.39, 0.29) is 17.9 Å². The smallest absolute Gasteiger partial charge is 0.246 e. The van der Waals surface area contributed by atoms with Gasteiger partial charge < -0.3 is 5.32 Å². The minimum absolute atomic E-state index is 0.0768. The third-order valence-electron chi connectivity index (χ3n) is 3.27. The second-order valence-corrected chi connectivity index (χ2v) is 6.13. The molecular formula is C13H21N7O. The number of amides is 1. The Balaban J connectivity index is 2.15. The van der Waals surface area contributed by atoms with Crippen LogP contribution in [0.4, 0.5) is 5.69 Å². The molecule has 0 aliphatic carbocycles. The maximum atomic E-state index is 12.2. The zero-order valence-electron chi connectivity index (χ0n) is 13.3. The zero-order chi connectivity index (χ0) is 15.8. The Morgan fingerprint density at radius 3 is 2.48 bits per heavy atom. The van der Waals surface area contributed by atoms with E-state index in [1.54, 1.807) is 4.68 Å². The maximum absolute atomic E-state index is 12.2. The van der Waals surface area contributed by atoms with Crippen LogP contribution < -0.4 is 5.32 Å². The Labute approximate surface area is 123 Å². The van der Waals surface area contributed by atoms with Crippen LogP contribution in [-0.4, -0.2) is 35.9 Å². The molecule has 0 aliphatic heterocycles. The molecule has 0 fully saturated rings. The summed E-state index contributed by atoms with van der Waals surface area (Å²) in [5.74, 6) is 0.504. The fraction of sp³-hybridized carbons (Fsp3) is 0.615. The predicted octanol–water partition coefficient (Wildman–Crippen LogP) is 0.960. The van der Waals surface area contributed by atoms with Crippen molar-refractivity contribution in [1.29, 1.82) is 0 Å². The fourth-order valence-electron chi connectivity index (χ4n) is 2.12. The normalized spacial score (nSPS) is 11.7. The number of tetrazole rings is 1. The average molecular weight is 291 g/mol. The van der Waals surface area contributed by atoms with Gasteiger partial charge in [0.05, 0.1) is 17.1 Å². The quantitative estimate of drug-likeness (QED) is 0.909. The average Bonchev–Trinajstić information content (AvgIpc) is 2.90. The summed E-state index contributed by atoms with van der Waals surface area (Å²) in [6.07, 6.45) is 0. The molecule has 0 aliphatic rings. The molecule has 2 rings (SSSR count). The SMILES string of the molecule is Cc1nn(C)c(C)c1NC(=O)Cn1nnnc1C(C)(C)C. The van der Waals surface area contributed by atoms with Crippen molar-refractivity contribution in [2.75, 3.05) is 5.32 Å². The van der Waals surface area contributed by atoms with Gasteiger partial charge in [0.15, 0.2) is 5.82 Å². The molecule has 0 saturated carbocycles. The number of nitrogens with one attached hydrogen (secondary N) is 1. The van der Waals surface area contributed by atoms with Crippen molar-refractivity contribution in [2.24, 2.45) is 7.05 Å². The lowest BCUT2D eigenvalue weighted by atomic mass is 9.96. The molecule has 1 N–H and O–H groups in total. The number of nitrogens with zero attached hydrogens (tertiary/aromatic N) is 6. The van der Waals surface area contributed by atoms with Crippen LogP contribution in [0.2, 0.25) is 0 Å². The number of rotatable bonds is 3. The van der Waals surface area contributed by atoms with Gasteiger partial charge in [-0.3, -0.25) is 9.48 Å². The highest BCUT2D eigenvalue weighted by Gasteiger charge is 2.23. The van der Waals surface area contributed by atoms with Gasteiger partial charge in [-0.05, 0) is 24.3 Å². The van der Waals surface area contributed by atoms with Gasteiger partial charge in [-0.2, -0.15) is 5.10 Å². The molecule has 2 heterocycles. The van der Waals surface area contributed by atoms with E-state index in [0.29, 0.717) is 5.82 Å². The van der Waals surface area contributed by atoms with Crippen molar-refractivity contribution in [2.45, 2.75) is 46.6 Å². The molecule has 0 bridgehead atoms. The van der Waals surface area contributed by atoms with E-state index in [9.17, 15) is 4.79 Å². The molecule has 0 atom stereocenters. The summed E-state index contributed by atoms with van der Waals surface area (Å²) >= 11 is 0. The van der Waals surface area contributed by atoms with Crippen molar-refractivity contribution in [3.8, 4) is 0 Å². The molecule has 0 radical (unpaired) electrons. The second-order valence-electron chi connectivity index (χ2n) is 6.13. The van der Waals surface area contributed by atoms with Crippen molar-refractivity contribution in [3.05, 3.63) is 17.2 Å².